The Hall–Kier alpha value is -2.05. The molecule has 1 aliphatic carbocycles. The summed E-state index contributed by atoms with van der Waals surface area (Å²) in [4.78, 5) is 24.2. The molecule has 7 heteroatoms. The van der Waals surface area contributed by atoms with Crippen molar-refractivity contribution in [2.75, 3.05) is 13.1 Å². The van der Waals surface area contributed by atoms with Crippen LogP contribution in [0, 0.1) is 0 Å². The molecule has 1 aliphatic heterocycles. The van der Waals surface area contributed by atoms with Gasteiger partial charge in [-0.15, -0.1) is 0 Å². The second kappa shape index (κ2) is 5.30. The van der Waals surface area contributed by atoms with Gasteiger partial charge in [-0.25, -0.2) is 0 Å². The number of carbonyl (C=O) groups is 2. The van der Waals surface area contributed by atoms with Crippen LogP contribution < -0.4 is 4.74 Å². The van der Waals surface area contributed by atoms with E-state index in [-0.39, 0.29) is 18.7 Å². The molecular weight excluding hydrogens is 299 g/mol. The highest BCUT2D eigenvalue weighted by Crippen LogP contribution is 2.28. The normalized spacial score (nSPS) is 21.4. The molecule has 2 aliphatic rings. The lowest BCUT2D eigenvalue weighted by Gasteiger charge is -2.18. The van der Waals surface area contributed by atoms with Gasteiger partial charge < -0.3 is 9.64 Å². The number of nitrogens with zero attached hydrogens (tertiary/aromatic N) is 1. The maximum Gasteiger partial charge on any atom is 0.406 e. The first-order chi connectivity index (χ1) is 10.3. The van der Waals surface area contributed by atoms with Crippen molar-refractivity contribution in [2.24, 2.45) is 0 Å². The maximum atomic E-state index is 12.4. The number of carbonyl (C=O) groups excluding carboxylic acids is 2. The first kappa shape index (κ1) is 14.9. The number of ether oxygens (including phenoxy) is 1. The first-order valence-electron chi connectivity index (χ1n) is 7.02. The van der Waals surface area contributed by atoms with Crippen molar-refractivity contribution in [2.45, 2.75) is 31.5 Å². The Bertz CT molecular complexity index is 627. The summed E-state index contributed by atoms with van der Waals surface area (Å²) in [5.41, 5.74) is 1.52. The van der Waals surface area contributed by atoms with Crippen molar-refractivity contribution in [3.05, 3.63) is 29.3 Å². The smallest absolute Gasteiger partial charge is 0.406 e. The van der Waals surface area contributed by atoms with Crippen molar-refractivity contribution in [3.8, 4) is 5.75 Å². The van der Waals surface area contributed by atoms with Crippen molar-refractivity contribution in [3.63, 3.8) is 0 Å². The molecule has 0 spiro atoms. The molecule has 1 fully saturated rings. The van der Waals surface area contributed by atoms with Gasteiger partial charge in [0.1, 0.15) is 12.3 Å². The molecule has 0 aromatic heterocycles. The minimum Gasteiger partial charge on any atom is -0.481 e. The van der Waals surface area contributed by atoms with E-state index in [1.54, 1.807) is 18.2 Å². The average Bonchev–Trinajstić information content (AvgIpc) is 2.95. The van der Waals surface area contributed by atoms with Crippen LogP contribution in [0.2, 0.25) is 0 Å². The van der Waals surface area contributed by atoms with Crippen LogP contribution in [0.4, 0.5) is 13.2 Å². The Balaban J connectivity index is 1.67. The van der Waals surface area contributed by atoms with Gasteiger partial charge in [-0.3, -0.25) is 9.59 Å². The second-order valence-corrected chi connectivity index (χ2v) is 5.51. The quantitative estimate of drug-likeness (QED) is 0.860. The monoisotopic (exact) mass is 313 g/mol. The third-order valence-corrected chi connectivity index (χ3v) is 3.90. The highest BCUT2D eigenvalue weighted by atomic mass is 19.4. The van der Waals surface area contributed by atoms with E-state index in [0.717, 1.165) is 10.5 Å². The van der Waals surface area contributed by atoms with Crippen LogP contribution in [0.1, 0.15) is 28.8 Å². The number of alkyl halides is 3. The number of likely N-dealkylation sites (tertiary alicyclic amines) is 1. The first-order valence-corrected chi connectivity index (χ1v) is 7.02. The summed E-state index contributed by atoms with van der Waals surface area (Å²) in [5, 5.41) is 0. The predicted octanol–water partition coefficient (Wildman–Crippen LogP) is 2.36. The zero-order valence-corrected chi connectivity index (χ0v) is 11.7. The third kappa shape index (κ3) is 2.93. The molecule has 22 heavy (non-hydrogen) atoms. The number of hydrogen-bond acceptors (Lipinski definition) is 3. The standard InChI is InChI=1S/C15H14F3NO3/c16-15(17,18)8-19-6-5-13(14(19)21)22-10-2-3-11-9(7-10)1-4-12(11)20/h2-3,7,13H,1,4-6,8H2. The molecule has 118 valence electrons. The fraction of sp³-hybridized carbons (Fsp3) is 0.467. The SMILES string of the molecule is O=C1CCc2cc(OC3CCN(CC(F)(F)F)C3=O)ccc21. The topological polar surface area (TPSA) is 46.6 Å². The second-order valence-electron chi connectivity index (χ2n) is 5.51. The van der Waals surface area contributed by atoms with Crippen LogP contribution in [-0.2, 0) is 11.2 Å². The lowest BCUT2D eigenvalue weighted by atomic mass is 10.1. The van der Waals surface area contributed by atoms with Crippen LogP contribution in [0.5, 0.6) is 5.75 Å². The van der Waals surface area contributed by atoms with E-state index in [1.807, 2.05) is 0 Å². The molecule has 1 aromatic carbocycles. The molecule has 0 saturated carbocycles. The molecule has 3 rings (SSSR count). The van der Waals surface area contributed by atoms with Gasteiger partial charge in [0.2, 0.25) is 0 Å². The van der Waals surface area contributed by atoms with E-state index in [1.165, 1.54) is 0 Å². The Kier molecular flexibility index (Phi) is 3.58. The molecule has 0 radical (unpaired) electrons. The van der Waals surface area contributed by atoms with Gasteiger partial charge in [0.25, 0.3) is 5.91 Å². The number of aryl methyl sites for hydroxylation is 1. The van der Waals surface area contributed by atoms with E-state index in [0.29, 0.717) is 24.2 Å². The fourth-order valence-electron chi connectivity index (χ4n) is 2.86. The summed E-state index contributed by atoms with van der Waals surface area (Å²) in [7, 11) is 0. The number of benzene rings is 1. The van der Waals surface area contributed by atoms with Crippen LogP contribution in [0.15, 0.2) is 18.2 Å². The number of rotatable bonds is 3. The maximum absolute atomic E-state index is 12.4. The molecule has 0 N–H and O–H groups in total. The van der Waals surface area contributed by atoms with Crippen molar-refractivity contribution in [1.82, 2.24) is 4.90 Å². The Morgan fingerprint density at radius 2 is 2.00 bits per heavy atom. The Morgan fingerprint density at radius 1 is 1.23 bits per heavy atom. The lowest BCUT2D eigenvalue weighted by molar-refractivity contribution is -0.159. The number of fused-ring (bicyclic) bond motifs is 1. The summed E-state index contributed by atoms with van der Waals surface area (Å²) < 4.78 is 42.6. The number of amides is 1. The molecule has 0 bridgehead atoms. The fourth-order valence-corrected chi connectivity index (χ4v) is 2.86. The van der Waals surface area contributed by atoms with Crippen molar-refractivity contribution >= 4 is 11.7 Å². The number of halogens is 3. The molecule has 1 heterocycles. The third-order valence-electron chi connectivity index (χ3n) is 3.90. The van der Waals surface area contributed by atoms with Crippen molar-refractivity contribution in [1.29, 1.82) is 0 Å². The van der Waals surface area contributed by atoms with E-state index in [2.05, 4.69) is 0 Å². The molecule has 1 saturated heterocycles. The van der Waals surface area contributed by atoms with Gasteiger partial charge in [0, 0.05) is 24.9 Å². The van der Waals surface area contributed by atoms with E-state index < -0.39 is 24.7 Å². The van der Waals surface area contributed by atoms with Gasteiger partial charge in [-0.05, 0) is 30.2 Å². The number of hydrogen-bond donors (Lipinski definition) is 0. The zero-order chi connectivity index (χ0) is 15.9. The Labute approximate surface area is 124 Å². The van der Waals surface area contributed by atoms with Gasteiger partial charge in [0.15, 0.2) is 11.9 Å². The van der Waals surface area contributed by atoms with E-state index in [4.69, 9.17) is 4.74 Å². The Morgan fingerprint density at radius 3 is 2.73 bits per heavy atom. The zero-order valence-electron chi connectivity index (χ0n) is 11.7. The molecule has 1 amide bonds. The summed E-state index contributed by atoms with van der Waals surface area (Å²) >= 11 is 0. The van der Waals surface area contributed by atoms with Crippen LogP contribution >= 0.6 is 0 Å². The minimum atomic E-state index is -4.40. The highest BCUT2D eigenvalue weighted by Gasteiger charge is 2.40. The summed E-state index contributed by atoms with van der Waals surface area (Å²) in [6, 6.07) is 4.93. The summed E-state index contributed by atoms with van der Waals surface area (Å²) in [5.74, 6) is -0.149. The van der Waals surface area contributed by atoms with Gasteiger partial charge in [-0.2, -0.15) is 13.2 Å². The van der Waals surface area contributed by atoms with Gasteiger partial charge in [0.05, 0.1) is 0 Å². The molecular formula is C15H14F3NO3. The minimum absolute atomic E-state index is 0.0342. The largest absolute Gasteiger partial charge is 0.481 e. The van der Waals surface area contributed by atoms with Crippen LogP contribution in [0.3, 0.4) is 0 Å². The summed E-state index contributed by atoms with van der Waals surface area (Å²) in [6.07, 6.45) is -3.98. The summed E-state index contributed by atoms with van der Waals surface area (Å²) in [6.45, 7) is -1.21. The molecule has 1 aromatic rings. The van der Waals surface area contributed by atoms with Crippen LogP contribution in [-0.4, -0.2) is 42.0 Å². The molecule has 4 nitrogen and oxygen atoms in total. The van der Waals surface area contributed by atoms with Crippen LogP contribution in [0.25, 0.3) is 0 Å². The number of Topliss-reactive ketones (excluding diaryl/α,β-unsaturated/α-hetero) is 1. The van der Waals surface area contributed by atoms with E-state index in [9.17, 15) is 22.8 Å². The number of ketones is 1. The lowest BCUT2D eigenvalue weighted by Crippen LogP contribution is -2.38. The van der Waals surface area contributed by atoms with Gasteiger partial charge in [-0.1, -0.05) is 0 Å². The average molecular weight is 313 g/mol. The molecule has 1 atom stereocenters. The predicted molar refractivity (Wildman–Crippen MR) is 70.8 cm³/mol. The molecule has 1 unspecified atom stereocenters. The van der Waals surface area contributed by atoms with E-state index >= 15 is 0 Å². The highest BCUT2D eigenvalue weighted by molar-refractivity contribution is 6.00. The van der Waals surface area contributed by atoms with Gasteiger partial charge >= 0.3 is 6.18 Å². The van der Waals surface area contributed by atoms with Crippen molar-refractivity contribution < 1.29 is 27.5 Å².